The molecule has 0 saturated heterocycles. The molecule has 3 amide bonds. The minimum Gasteiger partial charge on any atom is -0.481 e. The SMILES string of the molecule is COCCN(Cc1cccs1)C(=O)Nc1ccc2c(c1)OCC(=O)N2C. The van der Waals surface area contributed by atoms with Crippen molar-refractivity contribution in [3.05, 3.63) is 40.6 Å². The van der Waals surface area contributed by atoms with Crippen molar-refractivity contribution in [3.8, 4) is 5.75 Å². The fourth-order valence-corrected chi connectivity index (χ4v) is 3.32. The first-order chi connectivity index (χ1) is 12.6. The van der Waals surface area contributed by atoms with Gasteiger partial charge in [-0.25, -0.2) is 4.79 Å². The van der Waals surface area contributed by atoms with Gasteiger partial charge >= 0.3 is 6.03 Å². The summed E-state index contributed by atoms with van der Waals surface area (Å²) in [5.74, 6) is 0.475. The van der Waals surface area contributed by atoms with E-state index in [1.807, 2.05) is 17.5 Å². The second-order valence-corrected chi connectivity index (χ2v) is 6.88. The number of nitrogens with zero attached hydrogens (tertiary/aromatic N) is 2. The molecule has 1 aliphatic rings. The predicted octanol–water partition coefficient (Wildman–Crippen LogP) is 2.78. The number of amides is 3. The standard InChI is InChI=1S/C18H21N3O4S/c1-20-15-6-5-13(10-16(15)25-12-17(20)22)19-18(23)21(7-8-24-2)11-14-4-3-9-26-14/h3-6,9-10H,7-8,11-12H2,1-2H3,(H,19,23). The molecule has 26 heavy (non-hydrogen) atoms. The van der Waals surface area contributed by atoms with Gasteiger partial charge in [0.05, 0.1) is 18.8 Å². The van der Waals surface area contributed by atoms with Crippen LogP contribution in [0.2, 0.25) is 0 Å². The number of ether oxygens (including phenoxy) is 2. The number of rotatable bonds is 6. The minimum atomic E-state index is -0.212. The highest BCUT2D eigenvalue weighted by Crippen LogP contribution is 2.33. The van der Waals surface area contributed by atoms with E-state index in [1.54, 1.807) is 53.5 Å². The Morgan fingerprint density at radius 1 is 1.42 bits per heavy atom. The molecule has 7 nitrogen and oxygen atoms in total. The van der Waals surface area contributed by atoms with Crippen LogP contribution in [0.5, 0.6) is 5.75 Å². The number of methoxy groups -OCH3 is 1. The molecule has 0 unspecified atom stereocenters. The lowest BCUT2D eigenvalue weighted by atomic mass is 10.2. The zero-order chi connectivity index (χ0) is 18.5. The number of anilines is 2. The Bertz CT molecular complexity index is 779. The minimum absolute atomic E-state index is 0.000753. The molecule has 2 aromatic rings. The van der Waals surface area contributed by atoms with Gasteiger partial charge in [0.25, 0.3) is 5.91 Å². The first kappa shape index (κ1) is 18.2. The number of likely N-dealkylation sites (N-methyl/N-ethyl adjacent to an activating group) is 1. The molecular formula is C18H21N3O4S. The van der Waals surface area contributed by atoms with E-state index in [9.17, 15) is 9.59 Å². The van der Waals surface area contributed by atoms with Gasteiger partial charge in [0.1, 0.15) is 5.75 Å². The van der Waals surface area contributed by atoms with Crippen LogP contribution in [-0.2, 0) is 16.1 Å². The summed E-state index contributed by atoms with van der Waals surface area (Å²) < 4.78 is 10.6. The summed E-state index contributed by atoms with van der Waals surface area (Å²) in [7, 11) is 3.31. The summed E-state index contributed by atoms with van der Waals surface area (Å²) in [5.41, 5.74) is 1.30. The van der Waals surface area contributed by atoms with Crippen molar-refractivity contribution in [2.24, 2.45) is 0 Å². The number of hydrogen-bond acceptors (Lipinski definition) is 5. The summed E-state index contributed by atoms with van der Waals surface area (Å²) in [5, 5.41) is 4.88. The molecule has 0 atom stereocenters. The van der Waals surface area contributed by atoms with Crippen molar-refractivity contribution in [1.82, 2.24) is 4.90 Å². The van der Waals surface area contributed by atoms with Crippen LogP contribution in [0.1, 0.15) is 4.88 Å². The number of hydrogen-bond donors (Lipinski definition) is 1. The van der Waals surface area contributed by atoms with E-state index in [2.05, 4.69) is 5.32 Å². The maximum Gasteiger partial charge on any atom is 0.322 e. The number of urea groups is 1. The lowest BCUT2D eigenvalue weighted by Gasteiger charge is -2.27. The Hall–Kier alpha value is -2.58. The van der Waals surface area contributed by atoms with E-state index < -0.39 is 0 Å². The van der Waals surface area contributed by atoms with E-state index in [4.69, 9.17) is 9.47 Å². The van der Waals surface area contributed by atoms with Crippen LogP contribution in [-0.4, -0.2) is 50.8 Å². The predicted molar refractivity (Wildman–Crippen MR) is 101 cm³/mol. The van der Waals surface area contributed by atoms with Gasteiger partial charge in [-0.1, -0.05) is 6.07 Å². The zero-order valence-electron chi connectivity index (χ0n) is 14.7. The number of fused-ring (bicyclic) bond motifs is 1. The molecule has 1 aromatic heterocycles. The van der Waals surface area contributed by atoms with Gasteiger partial charge in [-0.2, -0.15) is 0 Å². The van der Waals surface area contributed by atoms with Crippen LogP contribution >= 0.6 is 11.3 Å². The number of carbonyl (C=O) groups is 2. The number of nitrogens with one attached hydrogen (secondary N) is 1. The van der Waals surface area contributed by atoms with Crippen molar-refractivity contribution in [1.29, 1.82) is 0 Å². The monoisotopic (exact) mass is 375 g/mol. The molecular weight excluding hydrogens is 354 g/mol. The Kier molecular flexibility index (Phi) is 5.75. The van der Waals surface area contributed by atoms with E-state index in [0.717, 1.165) is 4.88 Å². The second kappa shape index (κ2) is 8.20. The maximum atomic E-state index is 12.7. The Balaban J connectivity index is 1.71. The Morgan fingerprint density at radius 2 is 2.27 bits per heavy atom. The molecule has 1 N–H and O–H groups in total. The van der Waals surface area contributed by atoms with Crippen molar-refractivity contribution in [3.63, 3.8) is 0 Å². The fraction of sp³-hybridized carbons (Fsp3) is 0.333. The van der Waals surface area contributed by atoms with E-state index in [0.29, 0.717) is 36.8 Å². The van der Waals surface area contributed by atoms with Gasteiger partial charge in [0, 0.05) is 37.3 Å². The highest BCUT2D eigenvalue weighted by atomic mass is 32.1. The molecule has 0 fully saturated rings. The van der Waals surface area contributed by atoms with Crippen LogP contribution in [0.25, 0.3) is 0 Å². The van der Waals surface area contributed by atoms with Crippen molar-refractivity contribution in [2.45, 2.75) is 6.54 Å². The third-order valence-electron chi connectivity index (χ3n) is 4.08. The van der Waals surface area contributed by atoms with Crippen LogP contribution in [0, 0.1) is 0 Å². The van der Waals surface area contributed by atoms with Gasteiger partial charge in [-0.15, -0.1) is 11.3 Å². The number of benzene rings is 1. The van der Waals surface area contributed by atoms with Gasteiger partial charge in [-0.05, 0) is 23.6 Å². The highest BCUT2D eigenvalue weighted by molar-refractivity contribution is 7.09. The topological polar surface area (TPSA) is 71.1 Å². The largest absolute Gasteiger partial charge is 0.481 e. The molecule has 0 spiro atoms. The Morgan fingerprint density at radius 3 is 3.00 bits per heavy atom. The summed E-state index contributed by atoms with van der Waals surface area (Å²) in [6.07, 6.45) is 0. The molecule has 0 saturated carbocycles. The molecule has 138 valence electrons. The molecule has 3 rings (SSSR count). The van der Waals surface area contributed by atoms with Gasteiger partial charge in [-0.3, -0.25) is 4.79 Å². The third kappa shape index (κ3) is 4.14. The summed E-state index contributed by atoms with van der Waals surface area (Å²) >= 11 is 1.61. The Labute approximate surface area is 156 Å². The average molecular weight is 375 g/mol. The summed E-state index contributed by atoms with van der Waals surface area (Å²) in [6.45, 7) is 1.46. The quantitative estimate of drug-likeness (QED) is 0.843. The molecule has 1 aliphatic heterocycles. The first-order valence-electron chi connectivity index (χ1n) is 8.19. The first-order valence-corrected chi connectivity index (χ1v) is 9.07. The molecule has 0 aliphatic carbocycles. The van der Waals surface area contributed by atoms with Crippen LogP contribution < -0.4 is 15.0 Å². The van der Waals surface area contributed by atoms with E-state index in [-0.39, 0.29) is 18.5 Å². The summed E-state index contributed by atoms with van der Waals surface area (Å²) in [4.78, 5) is 28.7. The second-order valence-electron chi connectivity index (χ2n) is 5.85. The van der Waals surface area contributed by atoms with Gasteiger partial charge in [0.2, 0.25) is 0 Å². The zero-order valence-corrected chi connectivity index (χ0v) is 15.5. The molecule has 2 heterocycles. The smallest absolute Gasteiger partial charge is 0.322 e. The van der Waals surface area contributed by atoms with Crippen molar-refractivity contribution >= 4 is 34.6 Å². The van der Waals surface area contributed by atoms with Crippen LogP contribution in [0.15, 0.2) is 35.7 Å². The maximum absolute atomic E-state index is 12.7. The van der Waals surface area contributed by atoms with Gasteiger partial charge < -0.3 is 24.6 Å². The molecule has 8 heteroatoms. The lowest BCUT2D eigenvalue weighted by molar-refractivity contribution is -0.120. The van der Waals surface area contributed by atoms with E-state index in [1.165, 1.54) is 0 Å². The van der Waals surface area contributed by atoms with Crippen molar-refractivity contribution < 1.29 is 19.1 Å². The summed E-state index contributed by atoms with van der Waals surface area (Å²) in [6, 6.07) is 9.00. The molecule has 0 radical (unpaired) electrons. The average Bonchev–Trinajstić information content (AvgIpc) is 3.15. The fourth-order valence-electron chi connectivity index (χ4n) is 2.60. The lowest BCUT2D eigenvalue weighted by Crippen LogP contribution is -2.37. The third-order valence-corrected chi connectivity index (χ3v) is 4.94. The van der Waals surface area contributed by atoms with E-state index >= 15 is 0 Å². The van der Waals surface area contributed by atoms with Crippen LogP contribution in [0.4, 0.5) is 16.2 Å². The molecule has 0 bridgehead atoms. The normalized spacial score (nSPS) is 13.2. The van der Waals surface area contributed by atoms with Crippen LogP contribution in [0.3, 0.4) is 0 Å². The number of carbonyl (C=O) groups excluding carboxylic acids is 2. The van der Waals surface area contributed by atoms with Gasteiger partial charge in [0.15, 0.2) is 6.61 Å². The van der Waals surface area contributed by atoms with Crippen molar-refractivity contribution in [2.75, 3.05) is 44.1 Å². The molecule has 1 aromatic carbocycles. The number of thiophene rings is 1. The highest BCUT2D eigenvalue weighted by Gasteiger charge is 2.23.